The fraction of sp³-hybridized carbons (Fsp3) is 0.385. The summed E-state index contributed by atoms with van der Waals surface area (Å²) in [7, 11) is 0. The van der Waals surface area contributed by atoms with Crippen molar-refractivity contribution in [3.63, 3.8) is 0 Å². The van der Waals surface area contributed by atoms with Crippen LogP contribution in [0.1, 0.15) is 34.8 Å². The van der Waals surface area contributed by atoms with E-state index in [0.717, 1.165) is 16.7 Å². The van der Waals surface area contributed by atoms with Crippen LogP contribution < -0.4 is 0 Å². The minimum atomic E-state index is -0.212. The Balaban J connectivity index is 2.97. The fourth-order valence-electron chi connectivity index (χ4n) is 1.63. The molecule has 1 atom stereocenters. The molecule has 2 heteroatoms. The van der Waals surface area contributed by atoms with Gasteiger partial charge in [0.25, 0.3) is 0 Å². The topological polar surface area (TPSA) is 40.9 Å². The van der Waals surface area contributed by atoms with Gasteiger partial charge in [0.05, 0.1) is 6.07 Å². The number of carbonyl (C=O) groups excluding carboxylic acids is 1. The van der Waals surface area contributed by atoms with Gasteiger partial charge >= 0.3 is 0 Å². The van der Waals surface area contributed by atoms with Crippen LogP contribution in [0.2, 0.25) is 0 Å². The van der Waals surface area contributed by atoms with E-state index in [9.17, 15) is 4.79 Å². The minimum absolute atomic E-state index is 0.0587. The molecule has 1 rings (SSSR count). The maximum absolute atomic E-state index is 11.9. The molecule has 0 aliphatic heterocycles. The molecule has 0 heterocycles. The first-order valence-electron chi connectivity index (χ1n) is 5.04. The fourth-order valence-corrected chi connectivity index (χ4v) is 1.63. The van der Waals surface area contributed by atoms with Gasteiger partial charge in [0.1, 0.15) is 0 Å². The highest BCUT2D eigenvalue weighted by Crippen LogP contribution is 2.15. The van der Waals surface area contributed by atoms with Gasteiger partial charge < -0.3 is 0 Å². The number of nitrogens with zero attached hydrogens (tertiary/aromatic N) is 1. The van der Waals surface area contributed by atoms with E-state index in [-0.39, 0.29) is 18.1 Å². The van der Waals surface area contributed by atoms with Gasteiger partial charge in [-0.2, -0.15) is 5.26 Å². The Hall–Kier alpha value is -1.62. The number of Topliss-reactive ketones (excluding diaryl/α,β-unsaturated/α-hetero) is 1. The van der Waals surface area contributed by atoms with Crippen LogP contribution in [0.5, 0.6) is 0 Å². The summed E-state index contributed by atoms with van der Waals surface area (Å²) in [4.78, 5) is 11.9. The molecule has 0 aliphatic rings. The van der Waals surface area contributed by atoms with Crippen molar-refractivity contribution in [1.82, 2.24) is 0 Å². The van der Waals surface area contributed by atoms with Crippen LogP contribution in [-0.4, -0.2) is 5.78 Å². The first kappa shape index (κ1) is 11.5. The molecule has 2 nitrogen and oxygen atoms in total. The van der Waals surface area contributed by atoms with Gasteiger partial charge in [0, 0.05) is 17.9 Å². The Morgan fingerprint density at radius 2 is 1.87 bits per heavy atom. The Bertz CT molecular complexity index is 395. The van der Waals surface area contributed by atoms with Gasteiger partial charge in [-0.3, -0.25) is 4.79 Å². The van der Waals surface area contributed by atoms with Gasteiger partial charge in [-0.05, 0) is 26.0 Å². The van der Waals surface area contributed by atoms with Crippen LogP contribution in [0.15, 0.2) is 18.2 Å². The van der Waals surface area contributed by atoms with E-state index in [4.69, 9.17) is 5.26 Å². The third kappa shape index (κ3) is 2.92. The molecule has 15 heavy (non-hydrogen) atoms. The van der Waals surface area contributed by atoms with Crippen LogP contribution in [-0.2, 0) is 0 Å². The average Bonchev–Trinajstić information content (AvgIpc) is 2.15. The standard InChI is InChI=1S/C13H15NO/c1-9-6-10(2)8-12(7-9)13(15)11(3)4-5-14/h6-8,11H,4H2,1-3H3. The predicted octanol–water partition coefficient (Wildman–Crippen LogP) is 3.04. The number of rotatable bonds is 3. The summed E-state index contributed by atoms with van der Waals surface area (Å²) < 4.78 is 0. The molecule has 0 saturated heterocycles. The molecule has 0 aliphatic carbocycles. The molecule has 1 unspecified atom stereocenters. The van der Waals surface area contributed by atoms with Crippen LogP contribution in [0.25, 0.3) is 0 Å². The highest BCUT2D eigenvalue weighted by atomic mass is 16.1. The maximum atomic E-state index is 11.9. The van der Waals surface area contributed by atoms with Crippen molar-refractivity contribution >= 4 is 5.78 Å². The van der Waals surface area contributed by atoms with Crippen molar-refractivity contribution in [3.05, 3.63) is 34.9 Å². The monoisotopic (exact) mass is 201 g/mol. The largest absolute Gasteiger partial charge is 0.294 e. The molecule has 0 bridgehead atoms. The van der Waals surface area contributed by atoms with Crippen LogP contribution >= 0.6 is 0 Å². The van der Waals surface area contributed by atoms with Crippen molar-refractivity contribution in [2.45, 2.75) is 27.2 Å². The Morgan fingerprint density at radius 3 is 2.33 bits per heavy atom. The van der Waals surface area contributed by atoms with Crippen molar-refractivity contribution < 1.29 is 4.79 Å². The minimum Gasteiger partial charge on any atom is -0.294 e. The van der Waals surface area contributed by atoms with E-state index in [1.165, 1.54) is 0 Å². The van der Waals surface area contributed by atoms with E-state index in [0.29, 0.717) is 0 Å². The second-order valence-electron chi connectivity index (χ2n) is 4.00. The normalized spacial score (nSPS) is 11.9. The second kappa shape index (κ2) is 4.75. The van der Waals surface area contributed by atoms with E-state index in [1.807, 2.05) is 38.1 Å². The molecule has 0 radical (unpaired) electrons. The summed E-state index contributed by atoms with van der Waals surface area (Å²) in [6, 6.07) is 7.82. The lowest BCUT2D eigenvalue weighted by Gasteiger charge is -2.08. The number of nitriles is 1. The number of hydrogen-bond acceptors (Lipinski definition) is 2. The Kier molecular flexibility index (Phi) is 3.62. The van der Waals surface area contributed by atoms with Crippen LogP contribution in [0.4, 0.5) is 0 Å². The van der Waals surface area contributed by atoms with Crippen LogP contribution in [0, 0.1) is 31.1 Å². The number of carbonyl (C=O) groups is 1. The molecule has 0 spiro atoms. The maximum Gasteiger partial charge on any atom is 0.166 e. The summed E-state index contributed by atoms with van der Waals surface area (Å²) >= 11 is 0. The molecule has 0 fully saturated rings. The summed E-state index contributed by atoms with van der Waals surface area (Å²) in [6.07, 6.45) is 0.284. The molecule has 1 aromatic carbocycles. The molecular formula is C13H15NO. The van der Waals surface area contributed by atoms with Gasteiger partial charge in [-0.25, -0.2) is 0 Å². The summed E-state index contributed by atoms with van der Waals surface area (Å²) in [5, 5.41) is 8.54. The first-order valence-corrected chi connectivity index (χ1v) is 5.04. The summed E-state index contributed by atoms with van der Waals surface area (Å²) in [5.74, 6) is -0.153. The molecule has 0 aromatic heterocycles. The van der Waals surface area contributed by atoms with Gasteiger partial charge in [-0.15, -0.1) is 0 Å². The lowest BCUT2D eigenvalue weighted by molar-refractivity contribution is 0.0931. The second-order valence-corrected chi connectivity index (χ2v) is 4.00. The van der Waals surface area contributed by atoms with Gasteiger partial charge in [0.15, 0.2) is 5.78 Å². The quantitative estimate of drug-likeness (QED) is 0.705. The SMILES string of the molecule is Cc1cc(C)cc(C(=O)C(C)CC#N)c1. The molecular weight excluding hydrogens is 186 g/mol. The molecule has 78 valence electrons. The molecule has 0 saturated carbocycles. The zero-order valence-electron chi connectivity index (χ0n) is 9.37. The molecule has 1 aromatic rings. The smallest absolute Gasteiger partial charge is 0.166 e. The van der Waals surface area contributed by atoms with Crippen molar-refractivity contribution in [1.29, 1.82) is 5.26 Å². The highest BCUT2D eigenvalue weighted by molar-refractivity contribution is 5.98. The number of benzene rings is 1. The number of aryl methyl sites for hydroxylation is 2. The lowest BCUT2D eigenvalue weighted by atomic mass is 9.95. The van der Waals surface area contributed by atoms with E-state index in [2.05, 4.69) is 0 Å². The zero-order chi connectivity index (χ0) is 11.4. The number of hydrogen-bond donors (Lipinski definition) is 0. The van der Waals surface area contributed by atoms with E-state index in [1.54, 1.807) is 6.92 Å². The average molecular weight is 201 g/mol. The molecule has 0 amide bonds. The van der Waals surface area contributed by atoms with Gasteiger partial charge in [-0.1, -0.05) is 24.1 Å². The highest BCUT2D eigenvalue weighted by Gasteiger charge is 2.15. The zero-order valence-corrected chi connectivity index (χ0v) is 9.37. The molecule has 0 N–H and O–H groups in total. The predicted molar refractivity (Wildman–Crippen MR) is 59.6 cm³/mol. The first-order chi connectivity index (χ1) is 7.04. The van der Waals surface area contributed by atoms with Crippen LogP contribution in [0.3, 0.4) is 0 Å². The summed E-state index contributed by atoms with van der Waals surface area (Å²) in [5.41, 5.74) is 2.89. The van der Waals surface area contributed by atoms with E-state index < -0.39 is 0 Å². The Labute approximate surface area is 90.5 Å². The lowest BCUT2D eigenvalue weighted by Crippen LogP contribution is -2.11. The Morgan fingerprint density at radius 1 is 1.33 bits per heavy atom. The van der Waals surface area contributed by atoms with Crippen molar-refractivity contribution in [2.75, 3.05) is 0 Å². The third-order valence-corrected chi connectivity index (χ3v) is 2.35. The van der Waals surface area contributed by atoms with E-state index >= 15 is 0 Å². The van der Waals surface area contributed by atoms with Crippen molar-refractivity contribution in [2.24, 2.45) is 5.92 Å². The van der Waals surface area contributed by atoms with Gasteiger partial charge in [0.2, 0.25) is 0 Å². The van der Waals surface area contributed by atoms with Crippen molar-refractivity contribution in [3.8, 4) is 6.07 Å². The number of ketones is 1. The third-order valence-electron chi connectivity index (χ3n) is 2.35. The summed E-state index contributed by atoms with van der Waals surface area (Å²) in [6.45, 7) is 5.74.